The van der Waals surface area contributed by atoms with Gasteiger partial charge in [0.15, 0.2) is 0 Å². The van der Waals surface area contributed by atoms with Crippen LogP contribution in [0.2, 0.25) is 0 Å². The SMILES string of the molecule is CC(CNc1ccc(N=Cc2cccc3ccccc23)cc1)c1ccccc1. The first-order valence-corrected chi connectivity index (χ1v) is 9.70. The zero-order valence-electron chi connectivity index (χ0n) is 16.0. The largest absolute Gasteiger partial charge is 0.384 e. The molecule has 4 aromatic rings. The summed E-state index contributed by atoms with van der Waals surface area (Å²) < 4.78 is 0. The number of benzene rings is 4. The number of anilines is 1. The van der Waals surface area contributed by atoms with Gasteiger partial charge < -0.3 is 5.32 Å². The Kier molecular flexibility index (Phi) is 5.48. The Hall–Kier alpha value is -3.39. The van der Waals surface area contributed by atoms with Crippen LogP contribution in [0.1, 0.15) is 24.0 Å². The number of aliphatic imine (C=N–C) groups is 1. The van der Waals surface area contributed by atoms with E-state index in [1.165, 1.54) is 16.3 Å². The molecule has 1 unspecified atom stereocenters. The number of rotatable bonds is 6. The smallest absolute Gasteiger partial charge is 0.0631 e. The van der Waals surface area contributed by atoms with Crippen molar-refractivity contribution in [3.05, 3.63) is 108 Å². The summed E-state index contributed by atoms with van der Waals surface area (Å²) in [6, 6.07) is 33.6. The Balaban J connectivity index is 1.41. The highest BCUT2D eigenvalue weighted by Gasteiger charge is 2.04. The molecule has 0 aromatic heterocycles. The second-order valence-electron chi connectivity index (χ2n) is 7.07. The van der Waals surface area contributed by atoms with E-state index in [4.69, 9.17) is 0 Å². The first-order valence-electron chi connectivity index (χ1n) is 9.70. The molecule has 2 nitrogen and oxygen atoms in total. The molecule has 0 spiro atoms. The lowest BCUT2D eigenvalue weighted by Gasteiger charge is -2.14. The lowest BCUT2D eigenvalue weighted by molar-refractivity contribution is 0.805. The maximum absolute atomic E-state index is 4.66. The Morgan fingerprint density at radius 2 is 1.50 bits per heavy atom. The number of nitrogens with one attached hydrogen (secondary N) is 1. The first-order chi connectivity index (χ1) is 13.8. The minimum atomic E-state index is 0.463. The molecule has 0 aliphatic heterocycles. The molecular weight excluding hydrogens is 340 g/mol. The molecule has 0 fully saturated rings. The van der Waals surface area contributed by atoms with Crippen LogP contribution in [0.15, 0.2) is 102 Å². The highest BCUT2D eigenvalue weighted by molar-refractivity contribution is 6.00. The van der Waals surface area contributed by atoms with Crippen LogP contribution < -0.4 is 5.32 Å². The average molecular weight is 364 g/mol. The Morgan fingerprint density at radius 3 is 2.32 bits per heavy atom. The van der Waals surface area contributed by atoms with Crippen molar-refractivity contribution >= 4 is 28.4 Å². The molecule has 0 saturated heterocycles. The van der Waals surface area contributed by atoms with Crippen LogP contribution in [-0.2, 0) is 0 Å². The topological polar surface area (TPSA) is 24.4 Å². The molecule has 1 atom stereocenters. The van der Waals surface area contributed by atoms with Crippen LogP contribution in [0.3, 0.4) is 0 Å². The summed E-state index contributed by atoms with van der Waals surface area (Å²) in [7, 11) is 0. The molecule has 0 aliphatic rings. The van der Waals surface area contributed by atoms with Crippen molar-refractivity contribution in [3.8, 4) is 0 Å². The third-order valence-corrected chi connectivity index (χ3v) is 5.02. The first kappa shape index (κ1) is 18.0. The number of hydrogen-bond donors (Lipinski definition) is 1. The lowest BCUT2D eigenvalue weighted by atomic mass is 10.0. The molecule has 0 aliphatic carbocycles. The number of nitrogens with zero attached hydrogens (tertiary/aromatic N) is 1. The van der Waals surface area contributed by atoms with E-state index >= 15 is 0 Å². The van der Waals surface area contributed by atoms with Gasteiger partial charge in [0.25, 0.3) is 0 Å². The highest BCUT2D eigenvalue weighted by atomic mass is 14.9. The normalized spacial score (nSPS) is 12.3. The Bertz CT molecular complexity index is 1060. The molecule has 138 valence electrons. The second kappa shape index (κ2) is 8.53. The van der Waals surface area contributed by atoms with E-state index in [1.807, 2.05) is 6.21 Å². The quantitative estimate of drug-likeness (QED) is 0.374. The van der Waals surface area contributed by atoms with E-state index in [-0.39, 0.29) is 0 Å². The van der Waals surface area contributed by atoms with E-state index in [9.17, 15) is 0 Å². The lowest BCUT2D eigenvalue weighted by Crippen LogP contribution is -2.09. The van der Waals surface area contributed by atoms with Crippen molar-refractivity contribution in [1.29, 1.82) is 0 Å². The van der Waals surface area contributed by atoms with Crippen molar-refractivity contribution in [3.63, 3.8) is 0 Å². The Morgan fingerprint density at radius 1 is 0.786 bits per heavy atom. The molecule has 1 N–H and O–H groups in total. The summed E-state index contributed by atoms with van der Waals surface area (Å²) in [5.41, 5.74) is 4.56. The fraction of sp³-hybridized carbons (Fsp3) is 0.115. The molecule has 0 bridgehead atoms. The van der Waals surface area contributed by atoms with Gasteiger partial charge in [0.1, 0.15) is 0 Å². The molecule has 4 rings (SSSR count). The Labute approximate surface area is 166 Å². The van der Waals surface area contributed by atoms with E-state index in [1.54, 1.807) is 0 Å². The predicted molar refractivity (Wildman–Crippen MR) is 121 cm³/mol. The van der Waals surface area contributed by atoms with Crippen LogP contribution in [0.25, 0.3) is 10.8 Å². The predicted octanol–water partition coefficient (Wildman–Crippen LogP) is 6.81. The van der Waals surface area contributed by atoms with Crippen molar-refractivity contribution in [2.75, 3.05) is 11.9 Å². The molecule has 4 aromatic carbocycles. The van der Waals surface area contributed by atoms with Gasteiger partial charge in [-0.2, -0.15) is 0 Å². The fourth-order valence-electron chi connectivity index (χ4n) is 3.34. The highest BCUT2D eigenvalue weighted by Crippen LogP contribution is 2.21. The molecule has 0 saturated carbocycles. The van der Waals surface area contributed by atoms with Crippen molar-refractivity contribution in [1.82, 2.24) is 0 Å². The summed E-state index contributed by atoms with van der Waals surface area (Å²) in [6.45, 7) is 3.15. The second-order valence-corrected chi connectivity index (χ2v) is 7.07. The fourth-order valence-corrected chi connectivity index (χ4v) is 3.34. The van der Waals surface area contributed by atoms with Crippen LogP contribution in [0.4, 0.5) is 11.4 Å². The molecule has 0 heterocycles. The van der Waals surface area contributed by atoms with Gasteiger partial charge in [0.05, 0.1) is 5.69 Å². The number of fused-ring (bicyclic) bond motifs is 1. The standard InChI is InChI=1S/C26H24N2/c1-20(21-8-3-2-4-9-21)18-27-24-14-16-25(17-15-24)28-19-23-12-7-11-22-10-5-6-13-26(22)23/h2-17,19-20,27H,18H2,1H3. The molecule has 0 amide bonds. The molecular formula is C26H24N2. The number of hydrogen-bond acceptors (Lipinski definition) is 2. The van der Waals surface area contributed by atoms with Crippen LogP contribution in [0.5, 0.6) is 0 Å². The van der Waals surface area contributed by atoms with Gasteiger partial charge in [-0.15, -0.1) is 0 Å². The van der Waals surface area contributed by atoms with Crippen LogP contribution in [0, 0.1) is 0 Å². The minimum Gasteiger partial charge on any atom is -0.384 e. The van der Waals surface area contributed by atoms with Gasteiger partial charge >= 0.3 is 0 Å². The van der Waals surface area contributed by atoms with Gasteiger partial charge in [0.2, 0.25) is 0 Å². The zero-order valence-corrected chi connectivity index (χ0v) is 16.0. The van der Waals surface area contributed by atoms with E-state index in [2.05, 4.69) is 114 Å². The van der Waals surface area contributed by atoms with Gasteiger partial charge in [0, 0.05) is 24.0 Å². The van der Waals surface area contributed by atoms with Crippen LogP contribution in [-0.4, -0.2) is 12.8 Å². The third kappa shape index (κ3) is 4.29. The summed E-state index contributed by atoms with van der Waals surface area (Å²) in [5.74, 6) is 0.463. The van der Waals surface area contributed by atoms with Gasteiger partial charge in [-0.3, -0.25) is 4.99 Å². The minimum absolute atomic E-state index is 0.463. The zero-order chi connectivity index (χ0) is 19.2. The monoisotopic (exact) mass is 364 g/mol. The summed E-state index contributed by atoms with van der Waals surface area (Å²) >= 11 is 0. The van der Waals surface area contributed by atoms with Crippen LogP contribution >= 0.6 is 0 Å². The van der Waals surface area contributed by atoms with E-state index in [0.717, 1.165) is 23.5 Å². The molecule has 0 radical (unpaired) electrons. The molecule has 28 heavy (non-hydrogen) atoms. The average Bonchev–Trinajstić information content (AvgIpc) is 2.77. The molecule has 2 heteroatoms. The van der Waals surface area contributed by atoms with E-state index in [0.29, 0.717) is 5.92 Å². The van der Waals surface area contributed by atoms with Gasteiger partial charge in [-0.25, -0.2) is 0 Å². The van der Waals surface area contributed by atoms with Gasteiger partial charge in [-0.1, -0.05) is 79.7 Å². The summed E-state index contributed by atoms with van der Waals surface area (Å²) in [6.07, 6.45) is 1.95. The van der Waals surface area contributed by atoms with Crippen molar-refractivity contribution < 1.29 is 0 Å². The maximum atomic E-state index is 4.66. The van der Waals surface area contributed by atoms with E-state index < -0.39 is 0 Å². The third-order valence-electron chi connectivity index (χ3n) is 5.02. The van der Waals surface area contributed by atoms with Crippen molar-refractivity contribution in [2.24, 2.45) is 4.99 Å². The van der Waals surface area contributed by atoms with Crippen molar-refractivity contribution in [2.45, 2.75) is 12.8 Å². The van der Waals surface area contributed by atoms with Gasteiger partial charge in [-0.05, 0) is 46.5 Å². The summed E-state index contributed by atoms with van der Waals surface area (Å²) in [4.78, 5) is 4.66. The maximum Gasteiger partial charge on any atom is 0.0631 e. The summed E-state index contributed by atoms with van der Waals surface area (Å²) in [5, 5.41) is 5.97.